The van der Waals surface area contributed by atoms with Gasteiger partial charge in [-0.2, -0.15) is 0 Å². The number of rotatable bonds is 3. The molecule has 0 aromatic carbocycles. The van der Waals surface area contributed by atoms with Crippen molar-refractivity contribution in [2.75, 3.05) is 36.5 Å². The van der Waals surface area contributed by atoms with Crippen LogP contribution in [-0.4, -0.2) is 45.0 Å². The minimum Gasteiger partial charge on any atom is -0.347 e. The summed E-state index contributed by atoms with van der Waals surface area (Å²) in [4.78, 5) is 7.87. The van der Waals surface area contributed by atoms with E-state index >= 15 is 0 Å². The molecule has 18 heavy (non-hydrogen) atoms. The zero-order chi connectivity index (χ0) is 13.2. The lowest BCUT2D eigenvalue weighted by Gasteiger charge is -2.17. The Morgan fingerprint density at radius 3 is 2.89 bits per heavy atom. The van der Waals surface area contributed by atoms with Crippen LogP contribution in [0.2, 0.25) is 0 Å². The maximum absolute atomic E-state index is 11.6. The molecule has 1 aliphatic heterocycles. The van der Waals surface area contributed by atoms with Gasteiger partial charge in [0.1, 0.15) is 0 Å². The van der Waals surface area contributed by atoms with Crippen molar-refractivity contribution in [1.82, 2.24) is 10.3 Å². The van der Waals surface area contributed by atoms with Gasteiger partial charge in [-0.3, -0.25) is 0 Å². The number of sulfone groups is 1. The Hall–Kier alpha value is -0.660. The molecule has 5 nitrogen and oxygen atoms in total. The first-order chi connectivity index (χ1) is 8.52. The SMILES string of the molecule is CNCc1sc(N2CCCS(=O)(=O)CC2)nc1C. The fourth-order valence-corrected chi connectivity index (χ4v) is 4.40. The quantitative estimate of drug-likeness (QED) is 0.891. The van der Waals surface area contributed by atoms with E-state index in [0.717, 1.165) is 23.9 Å². The zero-order valence-electron chi connectivity index (χ0n) is 10.8. The Balaban J connectivity index is 2.14. The summed E-state index contributed by atoms with van der Waals surface area (Å²) in [6.07, 6.45) is 0.697. The molecule has 0 saturated carbocycles. The van der Waals surface area contributed by atoms with Crippen LogP contribution in [-0.2, 0) is 16.4 Å². The van der Waals surface area contributed by atoms with Crippen molar-refractivity contribution in [2.24, 2.45) is 0 Å². The van der Waals surface area contributed by atoms with Crippen LogP contribution in [0.5, 0.6) is 0 Å². The first-order valence-electron chi connectivity index (χ1n) is 6.08. The standard InChI is InChI=1S/C11H19N3O2S2/c1-9-10(8-12-2)17-11(13-9)14-4-3-6-18(15,16)7-5-14/h12H,3-8H2,1-2H3. The number of nitrogens with one attached hydrogen (secondary N) is 1. The molecule has 1 saturated heterocycles. The summed E-state index contributed by atoms with van der Waals surface area (Å²) in [5.41, 5.74) is 1.04. The van der Waals surface area contributed by atoms with E-state index < -0.39 is 9.84 Å². The van der Waals surface area contributed by atoms with E-state index in [-0.39, 0.29) is 5.75 Å². The summed E-state index contributed by atoms with van der Waals surface area (Å²) in [6, 6.07) is 0. The van der Waals surface area contributed by atoms with Gasteiger partial charge in [0, 0.05) is 24.5 Å². The molecule has 0 radical (unpaired) electrons. The average molecular weight is 289 g/mol. The second-order valence-corrected chi connectivity index (χ2v) is 7.89. The van der Waals surface area contributed by atoms with Gasteiger partial charge < -0.3 is 10.2 Å². The topological polar surface area (TPSA) is 62.3 Å². The molecule has 2 heterocycles. The smallest absolute Gasteiger partial charge is 0.185 e. The van der Waals surface area contributed by atoms with Crippen molar-refractivity contribution in [2.45, 2.75) is 19.9 Å². The van der Waals surface area contributed by atoms with Crippen LogP contribution in [0.25, 0.3) is 0 Å². The van der Waals surface area contributed by atoms with Gasteiger partial charge in [0.15, 0.2) is 15.0 Å². The third kappa shape index (κ3) is 3.21. The van der Waals surface area contributed by atoms with E-state index in [1.165, 1.54) is 4.88 Å². The highest BCUT2D eigenvalue weighted by Crippen LogP contribution is 2.27. The van der Waals surface area contributed by atoms with Crippen LogP contribution in [0.15, 0.2) is 0 Å². The lowest BCUT2D eigenvalue weighted by molar-refractivity contribution is 0.597. The fourth-order valence-electron chi connectivity index (χ4n) is 2.00. The molecule has 1 aromatic heterocycles. The van der Waals surface area contributed by atoms with Crippen molar-refractivity contribution in [3.05, 3.63) is 10.6 Å². The highest BCUT2D eigenvalue weighted by molar-refractivity contribution is 7.91. The van der Waals surface area contributed by atoms with Crippen molar-refractivity contribution in [1.29, 1.82) is 0 Å². The summed E-state index contributed by atoms with van der Waals surface area (Å²) < 4.78 is 23.1. The minimum absolute atomic E-state index is 0.243. The Morgan fingerprint density at radius 2 is 2.17 bits per heavy atom. The molecule has 2 rings (SSSR count). The molecule has 1 aromatic rings. The molecule has 1 aliphatic rings. The molecule has 1 fully saturated rings. The summed E-state index contributed by atoms with van der Waals surface area (Å²) in [7, 11) is -0.937. The first kappa shape index (κ1) is 13.8. The second kappa shape index (κ2) is 5.54. The van der Waals surface area contributed by atoms with Gasteiger partial charge >= 0.3 is 0 Å². The average Bonchev–Trinajstić information content (AvgIpc) is 2.55. The van der Waals surface area contributed by atoms with Crippen molar-refractivity contribution < 1.29 is 8.42 Å². The highest BCUT2D eigenvalue weighted by atomic mass is 32.2. The third-order valence-electron chi connectivity index (χ3n) is 3.04. The second-order valence-electron chi connectivity index (χ2n) is 4.53. The molecule has 7 heteroatoms. The predicted octanol–water partition coefficient (Wildman–Crippen LogP) is 0.796. The summed E-state index contributed by atoms with van der Waals surface area (Å²) in [6.45, 7) is 4.16. The fraction of sp³-hybridized carbons (Fsp3) is 0.727. The number of aromatic nitrogens is 1. The number of thiazole rings is 1. The van der Waals surface area contributed by atoms with Gasteiger partial charge in [-0.1, -0.05) is 0 Å². The van der Waals surface area contributed by atoms with E-state index in [2.05, 4.69) is 15.2 Å². The van der Waals surface area contributed by atoms with Gasteiger partial charge in [0.05, 0.1) is 17.2 Å². The summed E-state index contributed by atoms with van der Waals surface area (Å²) in [5, 5.41) is 4.08. The van der Waals surface area contributed by atoms with Gasteiger partial charge in [0.25, 0.3) is 0 Å². The Kier molecular flexibility index (Phi) is 4.24. The Labute approximate surface area is 112 Å². The molecule has 0 unspecified atom stereocenters. The highest BCUT2D eigenvalue weighted by Gasteiger charge is 2.21. The molecule has 1 N–H and O–H groups in total. The van der Waals surface area contributed by atoms with Crippen LogP contribution < -0.4 is 10.2 Å². The number of aryl methyl sites for hydroxylation is 1. The maximum atomic E-state index is 11.6. The maximum Gasteiger partial charge on any atom is 0.185 e. The molecule has 0 amide bonds. The summed E-state index contributed by atoms with van der Waals surface area (Å²) >= 11 is 1.66. The lowest BCUT2D eigenvalue weighted by Crippen LogP contribution is -2.26. The monoisotopic (exact) mass is 289 g/mol. The number of nitrogens with zero attached hydrogens (tertiary/aromatic N) is 2. The molecular weight excluding hydrogens is 270 g/mol. The van der Waals surface area contributed by atoms with Gasteiger partial charge in [0.2, 0.25) is 0 Å². The van der Waals surface area contributed by atoms with E-state index in [9.17, 15) is 8.42 Å². The predicted molar refractivity (Wildman–Crippen MR) is 75.1 cm³/mol. The lowest BCUT2D eigenvalue weighted by atomic mass is 10.4. The normalized spacial score (nSPS) is 19.8. The van der Waals surface area contributed by atoms with Crippen molar-refractivity contribution in [3.63, 3.8) is 0 Å². The van der Waals surface area contributed by atoms with Crippen LogP contribution >= 0.6 is 11.3 Å². The third-order valence-corrected chi connectivity index (χ3v) is 5.98. The van der Waals surface area contributed by atoms with Crippen LogP contribution in [0.4, 0.5) is 5.13 Å². The van der Waals surface area contributed by atoms with Crippen LogP contribution in [0.1, 0.15) is 17.0 Å². The zero-order valence-corrected chi connectivity index (χ0v) is 12.4. The molecule has 0 spiro atoms. The van der Waals surface area contributed by atoms with E-state index in [1.807, 2.05) is 14.0 Å². The van der Waals surface area contributed by atoms with Crippen molar-refractivity contribution >= 4 is 26.3 Å². The molecule has 102 valence electrons. The van der Waals surface area contributed by atoms with Crippen LogP contribution in [0.3, 0.4) is 0 Å². The minimum atomic E-state index is -2.85. The number of anilines is 1. The first-order valence-corrected chi connectivity index (χ1v) is 8.72. The van der Waals surface area contributed by atoms with E-state index in [0.29, 0.717) is 18.7 Å². The van der Waals surface area contributed by atoms with E-state index in [1.54, 1.807) is 11.3 Å². The summed E-state index contributed by atoms with van der Waals surface area (Å²) in [5.74, 6) is 0.546. The van der Waals surface area contributed by atoms with Gasteiger partial charge in [-0.15, -0.1) is 11.3 Å². The molecule has 0 atom stereocenters. The Bertz CT molecular complexity index is 510. The van der Waals surface area contributed by atoms with Gasteiger partial charge in [-0.25, -0.2) is 13.4 Å². The number of hydrogen-bond donors (Lipinski definition) is 1. The van der Waals surface area contributed by atoms with Gasteiger partial charge in [-0.05, 0) is 20.4 Å². The number of hydrogen-bond acceptors (Lipinski definition) is 6. The molecule has 0 bridgehead atoms. The van der Waals surface area contributed by atoms with Crippen LogP contribution in [0, 0.1) is 6.92 Å². The van der Waals surface area contributed by atoms with Crippen molar-refractivity contribution in [3.8, 4) is 0 Å². The van der Waals surface area contributed by atoms with E-state index in [4.69, 9.17) is 0 Å². The Morgan fingerprint density at radius 1 is 1.39 bits per heavy atom. The largest absolute Gasteiger partial charge is 0.347 e. The molecule has 0 aliphatic carbocycles. The molecular formula is C11H19N3O2S2.